The maximum Gasteiger partial charge on any atom is 0.264 e. The number of carbonyl (C=O) groups is 1. The minimum absolute atomic E-state index is 0.00250. The fraction of sp³-hybridized carbons (Fsp3) is 0.182. The number of carbonyl (C=O) groups excluding carboxylic acids is 1. The van der Waals surface area contributed by atoms with Gasteiger partial charge in [0.05, 0.1) is 11.3 Å². The highest BCUT2D eigenvalue weighted by Gasteiger charge is 2.19. The molecule has 8 nitrogen and oxygen atoms in total. The van der Waals surface area contributed by atoms with Crippen LogP contribution in [-0.4, -0.2) is 24.6 Å². The second kappa shape index (κ2) is 5.29. The molecule has 9 heteroatoms. The molecular weight excluding hydrogens is 284 g/mol. The average Bonchev–Trinajstić information content (AvgIpc) is 2.74. The van der Waals surface area contributed by atoms with Crippen molar-refractivity contribution in [3.63, 3.8) is 0 Å². The molecule has 2 aromatic rings. The molecule has 0 unspecified atom stereocenters. The molecule has 0 saturated heterocycles. The van der Waals surface area contributed by atoms with Crippen molar-refractivity contribution in [2.24, 2.45) is 0 Å². The van der Waals surface area contributed by atoms with Gasteiger partial charge >= 0.3 is 0 Å². The lowest BCUT2D eigenvalue weighted by Crippen LogP contribution is -2.32. The number of sulfonamides is 1. The molecule has 0 aliphatic heterocycles. The van der Waals surface area contributed by atoms with Crippen molar-refractivity contribution >= 4 is 21.7 Å². The second-order valence-electron chi connectivity index (χ2n) is 4.11. The van der Waals surface area contributed by atoms with E-state index in [0.29, 0.717) is 0 Å². The molecule has 0 spiro atoms. The number of hydrogen-bond acceptors (Lipinski definition) is 7. The zero-order valence-corrected chi connectivity index (χ0v) is 11.3. The van der Waals surface area contributed by atoms with Crippen LogP contribution >= 0.6 is 0 Å². The van der Waals surface area contributed by atoms with Gasteiger partial charge in [-0.2, -0.15) is 0 Å². The van der Waals surface area contributed by atoms with Gasteiger partial charge in [0.2, 0.25) is 5.91 Å². The molecule has 1 heterocycles. The lowest BCUT2D eigenvalue weighted by molar-refractivity contribution is -0.118. The Morgan fingerprint density at radius 1 is 1.30 bits per heavy atom. The summed E-state index contributed by atoms with van der Waals surface area (Å²) in [7, 11) is -3.91. The maximum absolute atomic E-state index is 11.9. The molecule has 0 aliphatic carbocycles. The first-order valence-corrected chi connectivity index (χ1v) is 7.06. The number of aromatic nitrogens is 2. The van der Waals surface area contributed by atoms with E-state index in [1.807, 2.05) is 11.6 Å². The van der Waals surface area contributed by atoms with Gasteiger partial charge in [0.1, 0.15) is 5.69 Å². The van der Waals surface area contributed by atoms with Crippen molar-refractivity contribution in [3.05, 3.63) is 35.5 Å². The molecule has 0 fully saturated rings. The van der Waals surface area contributed by atoms with Gasteiger partial charge in [0.15, 0.2) is 5.82 Å². The first-order valence-electron chi connectivity index (χ1n) is 5.58. The van der Waals surface area contributed by atoms with Gasteiger partial charge in [-0.3, -0.25) is 4.79 Å². The zero-order valence-electron chi connectivity index (χ0n) is 10.5. The number of nitrogen functional groups attached to an aromatic ring is 1. The second-order valence-corrected chi connectivity index (χ2v) is 5.80. The number of benzene rings is 1. The summed E-state index contributed by atoms with van der Waals surface area (Å²) in [6.45, 7) is 1.83. The lowest BCUT2D eigenvalue weighted by Gasteiger charge is -2.06. The van der Waals surface area contributed by atoms with Crippen molar-refractivity contribution in [2.75, 3.05) is 5.73 Å². The summed E-state index contributed by atoms with van der Waals surface area (Å²) in [6, 6.07) is 6.10. The number of nitrogens with two attached hydrogens (primary N) is 1. The van der Waals surface area contributed by atoms with E-state index in [2.05, 4.69) is 14.9 Å². The summed E-state index contributed by atoms with van der Waals surface area (Å²) >= 11 is 0. The van der Waals surface area contributed by atoms with Crippen LogP contribution < -0.4 is 10.5 Å². The molecule has 106 valence electrons. The van der Waals surface area contributed by atoms with Gasteiger partial charge in [0.25, 0.3) is 10.0 Å². The number of anilines is 1. The Labute approximate surface area is 115 Å². The minimum atomic E-state index is -3.91. The Balaban J connectivity index is 2.10. The number of amides is 1. The van der Waals surface area contributed by atoms with E-state index < -0.39 is 15.9 Å². The van der Waals surface area contributed by atoms with Crippen molar-refractivity contribution < 1.29 is 17.8 Å². The van der Waals surface area contributed by atoms with Crippen LogP contribution in [0.2, 0.25) is 0 Å². The van der Waals surface area contributed by atoms with Crippen LogP contribution in [0, 0.1) is 6.92 Å². The Morgan fingerprint density at radius 2 is 1.95 bits per heavy atom. The molecule has 0 saturated carbocycles. The van der Waals surface area contributed by atoms with E-state index in [1.54, 1.807) is 12.1 Å². The van der Waals surface area contributed by atoms with Crippen molar-refractivity contribution in [3.8, 4) is 0 Å². The van der Waals surface area contributed by atoms with E-state index in [9.17, 15) is 13.2 Å². The highest BCUT2D eigenvalue weighted by molar-refractivity contribution is 7.90. The summed E-state index contributed by atoms with van der Waals surface area (Å²) < 4.78 is 30.1. The fourth-order valence-electron chi connectivity index (χ4n) is 1.45. The molecule has 3 N–H and O–H groups in total. The first-order chi connectivity index (χ1) is 9.38. The van der Waals surface area contributed by atoms with Crippen LogP contribution in [0.1, 0.15) is 11.3 Å². The third-order valence-corrected chi connectivity index (χ3v) is 3.88. The highest BCUT2D eigenvalue weighted by atomic mass is 32.2. The zero-order chi connectivity index (χ0) is 14.8. The maximum atomic E-state index is 11.9. The van der Waals surface area contributed by atoms with E-state index in [4.69, 9.17) is 5.73 Å². The third kappa shape index (κ3) is 3.12. The van der Waals surface area contributed by atoms with Crippen LogP contribution in [0.5, 0.6) is 0 Å². The van der Waals surface area contributed by atoms with E-state index in [1.165, 1.54) is 12.1 Å². The van der Waals surface area contributed by atoms with Crippen molar-refractivity contribution in [1.82, 2.24) is 15.0 Å². The van der Waals surface area contributed by atoms with Crippen molar-refractivity contribution in [1.29, 1.82) is 0 Å². The van der Waals surface area contributed by atoms with E-state index in [-0.39, 0.29) is 22.8 Å². The largest absolute Gasteiger partial charge is 0.379 e. The minimum Gasteiger partial charge on any atom is -0.379 e. The Bertz CT molecular complexity index is 721. The van der Waals surface area contributed by atoms with Gasteiger partial charge in [-0.25, -0.2) is 17.8 Å². The Hall–Kier alpha value is -2.42. The SMILES string of the molecule is Cc1ccc(S(=O)(=O)NC(=O)Cc2nonc2N)cc1. The first kappa shape index (κ1) is 14.0. The summed E-state index contributed by atoms with van der Waals surface area (Å²) in [5.41, 5.74) is 6.38. The molecule has 0 bridgehead atoms. The predicted molar refractivity (Wildman–Crippen MR) is 68.9 cm³/mol. The van der Waals surface area contributed by atoms with Gasteiger partial charge < -0.3 is 5.73 Å². The average molecular weight is 296 g/mol. The normalized spacial score (nSPS) is 11.2. The molecule has 1 amide bonds. The smallest absolute Gasteiger partial charge is 0.264 e. The van der Waals surface area contributed by atoms with Gasteiger partial charge in [-0.1, -0.05) is 22.9 Å². The fourth-order valence-corrected chi connectivity index (χ4v) is 2.43. The molecule has 2 rings (SSSR count). The summed E-state index contributed by atoms with van der Waals surface area (Å²) in [6.07, 6.45) is -0.333. The predicted octanol–water partition coefficient (Wildman–Crippen LogP) is 0.00782. The quantitative estimate of drug-likeness (QED) is 0.813. The Kier molecular flexibility index (Phi) is 3.70. The molecule has 0 aliphatic rings. The molecule has 1 aromatic heterocycles. The van der Waals surface area contributed by atoms with Crippen LogP contribution in [0.4, 0.5) is 5.82 Å². The highest BCUT2D eigenvalue weighted by Crippen LogP contribution is 2.11. The monoisotopic (exact) mass is 296 g/mol. The Morgan fingerprint density at radius 3 is 2.50 bits per heavy atom. The number of hydrogen-bond donors (Lipinski definition) is 2. The third-order valence-electron chi connectivity index (χ3n) is 2.49. The van der Waals surface area contributed by atoms with Crippen molar-refractivity contribution in [2.45, 2.75) is 18.2 Å². The molecule has 20 heavy (non-hydrogen) atoms. The lowest BCUT2D eigenvalue weighted by atomic mass is 10.2. The molecule has 0 atom stereocenters. The van der Waals surface area contributed by atoms with E-state index in [0.717, 1.165) is 5.56 Å². The van der Waals surface area contributed by atoms with Crippen LogP contribution in [0.3, 0.4) is 0 Å². The van der Waals surface area contributed by atoms with Crippen LogP contribution in [0.15, 0.2) is 33.8 Å². The van der Waals surface area contributed by atoms with Gasteiger partial charge in [-0.05, 0) is 24.2 Å². The summed E-state index contributed by atoms with van der Waals surface area (Å²) in [4.78, 5) is 11.7. The number of aryl methyl sites for hydroxylation is 1. The van der Waals surface area contributed by atoms with Crippen LogP contribution in [0.25, 0.3) is 0 Å². The summed E-state index contributed by atoms with van der Waals surface area (Å²) in [5, 5.41) is 6.70. The molecule has 0 radical (unpaired) electrons. The van der Waals surface area contributed by atoms with Crippen LogP contribution in [-0.2, 0) is 21.2 Å². The standard InChI is InChI=1S/C11H12N4O4S/c1-7-2-4-8(5-3-7)20(17,18)15-10(16)6-9-11(12)14-19-13-9/h2-5H,6H2,1H3,(H2,12,14)(H,15,16). The number of rotatable bonds is 4. The van der Waals surface area contributed by atoms with Gasteiger partial charge in [0, 0.05) is 0 Å². The number of nitrogens with one attached hydrogen (secondary N) is 1. The molecule has 1 aromatic carbocycles. The van der Waals surface area contributed by atoms with Gasteiger partial charge in [-0.15, -0.1) is 0 Å². The molecular formula is C11H12N4O4S. The summed E-state index contributed by atoms with van der Waals surface area (Å²) in [5.74, 6) is -0.819. The van der Waals surface area contributed by atoms with E-state index >= 15 is 0 Å². The number of nitrogens with zero attached hydrogens (tertiary/aromatic N) is 2. The topological polar surface area (TPSA) is 128 Å².